The Morgan fingerprint density at radius 2 is 2.11 bits per heavy atom. The standard InChI is InChI=1S/C16H25N3/c1-2-10-17-11-14-4-3-5-16(18-14)19(15-8-9-15)12-13-6-7-13/h3-5,13,15,17H,2,6-12H2,1H3. The summed E-state index contributed by atoms with van der Waals surface area (Å²) in [5, 5.41) is 3.43. The summed E-state index contributed by atoms with van der Waals surface area (Å²) in [6.07, 6.45) is 6.72. The van der Waals surface area contributed by atoms with Gasteiger partial charge in [-0.3, -0.25) is 0 Å². The highest BCUT2D eigenvalue weighted by Gasteiger charge is 2.34. The number of pyridine rings is 1. The van der Waals surface area contributed by atoms with Crippen LogP contribution >= 0.6 is 0 Å². The molecule has 2 fully saturated rings. The maximum Gasteiger partial charge on any atom is 0.129 e. The van der Waals surface area contributed by atoms with Crippen molar-refractivity contribution in [3.63, 3.8) is 0 Å². The number of anilines is 1. The number of hydrogen-bond acceptors (Lipinski definition) is 3. The summed E-state index contributed by atoms with van der Waals surface area (Å²) >= 11 is 0. The molecule has 0 aromatic carbocycles. The fourth-order valence-electron chi connectivity index (χ4n) is 2.51. The molecule has 0 bridgehead atoms. The van der Waals surface area contributed by atoms with Gasteiger partial charge in [-0.15, -0.1) is 0 Å². The van der Waals surface area contributed by atoms with E-state index in [2.05, 4.69) is 35.3 Å². The van der Waals surface area contributed by atoms with Gasteiger partial charge < -0.3 is 10.2 Å². The molecule has 2 aliphatic rings. The van der Waals surface area contributed by atoms with Crippen LogP contribution in [0, 0.1) is 5.92 Å². The summed E-state index contributed by atoms with van der Waals surface area (Å²) in [6.45, 7) is 5.38. The van der Waals surface area contributed by atoms with Crippen molar-refractivity contribution in [2.24, 2.45) is 5.92 Å². The molecule has 3 heteroatoms. The van der Waals surface area contributed by atoms with E-state index < -0.39 is 0 Å². The van der Waals surface area contributed by atoms with Gasteiger partial charge in [0, 0.05) is 19.1 Å². The quantitative estimate of drug-likeness (QED) is 0.728. The number of nitrogens with zero attached hydrogens (tertiary/aromatic N) is 2. The van der Waals surface area contributed by atoms with Crippen molar-refractivity contribution >= 4 is 5.82 Å². The molecule has 104 valence electrons. The first-order valence-electron chi connectivity index (χ1n) is 7.80. The molecule has 1 heterocycles. The highest BCUT2D eigenvalue weighted by Crippen LogP contribution is 2.36. The Kier molecular flexibility index (Phi) is 4.02. The second-order valence-electron chi connectivity index (χ2n) is 5.99. The molecule has 0 atom stereocenters. The lowest BCUT2D eigenvalue weighted by molar-refractivity contribution is 0.658. The van der Waals surface area contributed by atoms with E-state index in [4.69, 9.17) is 4.98 Å². The largest absolute Gasteiger partial charge is 0.353 e. The van der Waals surface area contributed by atoms with Crippen LogP contribution in [0.3, 0.4) is 0 Å². The first-order chi connectivity index (χ1) is 9.36. The number of aromatic nitrogens is 1. The summed E-state index contributed by atoms with van der Waals surface area (Å²) in [5.74, 6) is 2.13. The van der Waals surface area contributed by atoms with Crippen molar-refractivity contribution in [2.45, 2.75) is 51.6 Å². The Balaban J connectivity index is 1.65. The van der Waals surface area contributed by atoms with Gasteiger partial charge >= 0.3 is 0 Å². The van der Waals surface area contributed by atoms with Crippen molar-refractivity contribution in [3.8, 4) is 0 Å². The number of nitrogens with one attached hydrogen (secondary N) is 1. The molecule has 0 radical (unpaired) electrons. The van der Waals surface area contributed by atoms with Gasteiger partial charge in [-0.25, -0.2) is 4.98 Å². The molecule has 3 rings (SSSR count). The molecule has 0 spiro atoms. The van der Waals surface area contributed by atoms with E-state index in [9.17, 15) is 0 Å². The first kappa shape index (κ1) is 12.9. The van der Waals surface area contributed by atoms with E-state index in [-0.39, 0.29) is 0 Å². The Morgan fingerprint density at radius 3 is 2.79 bits per heavy atom. The topological polar surface area (TPSA) is 28.2 Å². The van der Waals surface area contributed by atoms with E-state index in [1.165, 1.54) is 50.2 Å². The van der Waals surface area contributed by atoms with Crippen LogP contribution in [-0.4, -0.2) is 24.1 Å². The third-order valence-corrected chi connectivity index (χ3v) is 3.96. The fourth-order valence-corrected chi connectivity index (χ4v) is 2.51. The van der Waals surface area contributed by atoms with Crippen LogP contribution in [0.15, 0.2) is 18.2 Å². The van der Waals surface area contributed by atoms with Crippen molar-refractivity contribution < 1.29 is 0 Å². The van der Waals surface area contributed by atoms with Crippen molar-refractivity contribution in [2.75, 3.05) is 18.0 Å². The molecule has 0 aliphatic heterocycles. The molecule has 2 aliphatic carbocycles. The van der Waals surface area contributed by atoms with Crippen molar-refractivity contribution in [3.05, 3.63) is 23.9 Å². The van der Waals surface area contributed by atoms with Crippen LogP contribution in [0.4, 0.5) is 5.82 Å². The zero-order chi connectivity index (χ0) is 13.1. The molecule has 0 unspecified atom stereocenters. The van der Waals surface area contributed by atoms with Gasteiger partial charge in [0.05, 0.1) is 5.69 Å². The molecule has 19 heavy (non-hydrogen) atoms. The predicted octanol–water partition coefficient (Wildman–Crippen LogP) is 2.96. The Bertz CT molecular complexity index is 410. The SMILES string of the molecule is CCCNCc1cccc(N(CC2CC2)C2CC2)n1. The number of hydrogen-bond donors (Lipinski definition) is 1. The average molecular weight is 259 g/mol. The number of rotatable bonds is 8. The molecule has 1 aromatic rings. The fraction of sp³-hybridized carbons (Fsp3) is 0.688. The summed E-state index contributed by atoms with van der Waals surface area (Å²) in [6, 6.07) is 7.25. The second-order valence-corrected chi connectivity index (χ2v) is 5.99. The molecule has 0 saturated heterocycles. The van der Waals surface area contributed by atoms with Gasteiger partial charge in [-0.1, -0.05) is 13.0 Å². The van der Waals surface area contributed by atoms with Crippen LogP contribution < -0.4 is 10.2 Å². The average Bonchev–Trinajstić information content (AvgIpc) is 3.29. The van der Waals surface area contributed by atoms with Gasteiger partial charge in [-0.2, -0.15) is 0 Å². The summed E-state index contributed by atoms with van der Waals surface area (Å²) in [5.41, 5.74) is 1.17. The lowest BCUT2D eigenvalue weighted by Crippen LogP contribution is -2.29. The Morgan fingerprint density at radius 1 is 1.26 bits per heavy atom. The molecule has 0 amide bonds. The second kappa shape index (κ2) is 5.91. The van der Waals surface area contributed by atoms with Crippen LogP contribution in [0.2, 0.25) is 0 Å². The third kappa shape index (κ3) is 3.69. The van der Waals surface area contributed by atoms with Crippen LogP contribution in [0.1, 0.15) is 44.7 Å². The smallest absolute Gasteiger partial charge is 0.129 e. The van der Waals surface area contributed by atoms with Gasteiger partial charge in [0.25, 0.3) is 0 Å². The molecular weight excluding hydrogens is 234 g/mol. The van der Waals surface area contributed by atoms with Gasteiger partial charge in [-0.05, 0) is 56.7 Å². The third-order valence-electron chi connectivity index (χ3n) is 3.96. The van der Waals surface area contributed by atoms with E-state index in [1.807, 2.05) is 0 Å². The van der Waals surface area contributed by atoms with E-state index >= 15 is 0 Å². The normalized spacial score (nSPS) is 18.6. The molecule has 1 N–H and O–H groups in total. The van der Waals surface area contributed by atoms with E-state index in [1.54, 1.807) is 0 Å². The minimum Gasteiger partial charge on any atom is -0.353 e. The molecular formula is C16H25N3. The highest BCUT2D eigenvalue weighted by atomic mass is 15.2. The Hall–Kier alpha value is -1.09. The van der Waals surface area contributed by atoms with Crippen molar-refractivity contribution in [1.82, 2.24) is 10.3 Å². The summed E-state index contributed by atoms with van der Waals surface area (Å²) in [7, 11) is 0. The van der Waals surface area contributed by atoms with E-state index in [0.717, 1.165) is 25.0 Å². The molecule has 2 saturated carbocycles. The minimum absolute atomic E-state index is 0.770. The predicted molar refractivity (Wildman–Crippen MR) is 79.3 cm³/mol. The molecule has 3 nitrogen and oxygen atoms in total. The van der Waals surface area contributed by atoms with Crippen molar-refractivity contribution in [1.29, 1.82) is 0 Å². The summed E-state index contributed by atoms with van der Waals surface area (Å²) in [4.78, 5) is 7.41. The maximum atomic E-state index is 4.85. The van der Waals surface area contributed by atoms with Gasteiger partial charge in [0.2, 0.25) is 0 Å². The lowest BCUT2D eigenvalue weighted by Gasteiger charge is -2.24. The van der Waals surface area contributed by atoms with Gasteiger partial charge in [0.15, 0.2) is 0 Å². The zero-order valence-electron chi connectivity index (χ0n) is 11.9. The van der Waals surface area contributed by atoms with Crippen LogP contribution in [0.5, 0.6) is 0 Å². The zero-order valence-corrected chi connectivity index (χ0v) is 11.9. The Labute approximate surface area is 116 Å². The minimum atomic E-state index is 0.770. The first-order valence-corrected chi connectivity index (χ1v) is 7.80. The van der Waals surface area contributed by atoms with Gasteiger partial charge in [0.1, 0.15) is 5.82 Å². The van der Waals surface area contributed by atoms with E-state index in [0.29, 0.717) is 0 Å². The monoisotopic (exact) mass is 259 g/mol. The van der Waals surface area contributed by atoms with Crippen LogP contribution in [0.25, 0.3) is 0 Å². The lowest BCUT2D eigenvalue weighted by atomic mass is 10.3. The molecule has 1 aromatic heterocycles. The van der Waals surface area contributed by atoms with Crippen LogP contribution in [-0.2, 0) is 6.54 Å². The summed E-state index contributed by atoms with van der Waals surface area (Å²) < 4.78 is 0. The highest BCUT2D eigenvalue weighted by molar-refractivity contribution is 5.42. The maximum absolute atomic E-state index is 4.85.